The molecule has 29 heavy (non-hydrogen) atoms. The van der Waals surface area contributed by atoms with E-state index < -0.39 is 23.7 Å². The monoisotopic (exact) mass is 412 g/mol. The number of benzene rings is 2. The van der Waals surface area contributed by atoms with Gasteiger partial charge in [-0.25, -0.2) is 8.78 Å². The van der Waals surface area contributed by atoms with E-state index >= 15 is 0 Å². The summed E-state index contributed by atoms with van der Waals surface area (Å²) >= 11 is 0. The molecule has 2 rings (SSSR count). The Morgan fingerprint density at radius 3 is 1.76 bits per heavy atom. The number of hydrogen-bond acceptors (Lipinski definition) is 1. The van der Waals surface area contributed by atoms with Gasteiger partial charge in [0.1, 0.15) is 0 Å². The normalized spacial score (nSPS) is 13.9. The van der Waals surface area contributed by atoms with Crippen LogP contribution in [0.3, 0.4) is 0 Å². The fraction of sp³-hybridized carbons (Fsp3) is 0.391. The minimum Gasteiger partial charge on any atom is -0.385 e. The third kappa shape index (κ3) is 6.67. The smallest absolute Gasteiger partial charge is 0.385 e. The van der Waals surface area contributed by atoms with E-state index in [-0.39, 0.29) is 30.6 Å². The highest BCUT2D eigenvalue weighted by molar-refractivity contribution is 5.83. The molecule has 2 aromatic rings. The second-order valence-corrected chi connectivity index (χ2v) is 7.00. The topological polar surface area (TPSA) is 9.23 Å². The third-order valence-corrected chi connectivity index (χ3v) is 4.76. The first kappa shape index (κ1) is 23.1. The van der Waals surface area contributed by atoms with E-state index in [2.05, 4.69) is 0 Å². The van der Waals surface area contributed by atoms with E-state index in [0.717, 1.165) is 18.4 Å². The summed E-state index contributed by atoms with van der Waals surface area (Å²) in [7, 11) is 1.35. The summed E-state index contributed by atoms with van der Waals surface area (Å²) in [5.74, 6) is -3.58. The average Bonchev–Trinajstić information content (AvgIpc) is 2.70. The van der Waals surface area contributed by atoms with Crippen molar-refractivity contribution < 1.29 is 26.7 Å². The van der Waals surface area contributed by atoms with Crippen LogP contribution in [0.1, 0.15) is 42.0 Å². The predicted octanol–water partition coefficient (Wildman–Crippen LogP) is 7.16. The molecule has 0 aliphatic heterocycles. The van der Waals surface area contributed by atoms with Crippen LogP contribution in [-0.2, 0) is 17.6 Å². The first-order valence-electron chi connectivity index (χ1n) is 9.55. The van der Waals surface area contributed by atoms with Gasteiger partial charge in [0.05, 0.1) is 5.92 Å². The van der Waals surface area contributed by atoms with Gasteiger partial charge in [0.25, 0.3) is 0 Å². The fourth-order valence-electron chi connectivity index (χ4n) is 3.07. The Labute approximate surface area is 168 Å². The summed E-state index contributed by atoms with van der Waals surface area (Å²) in [5, 5.41) is 0. The molecule has 0 saturated heterocycles. The first-order chi connectivity index (χ1) is 13.8. The van der Waals surface area contributed by atoms with Gasteiger partial charge < -0.3 is 4.74 Å². The van der Waals surface area contributed by atoms with Gasteiger partial charge in [0, 0.05) is 24.8 Å². The SMILES string of the molecule is CCCc1ccc(/C(F)=C(/F)c2ccc(CC(CCOC)C(F)(F)F)cc2)cc1. The fourth-order valence-corrected chi connectivity index (χ4v) is 3.07. The van der Waals surface area contributed by atoms with Crippen LogP contribution in [0.4, 0.5) is 22.0 Å². The van der Waals surface area contributed by atoms with Crippen LogP contribution >= 0.6 is 0 Å². The maximum absolute atomic E-state index is 14.5. The van der Waals surface area contributed by atoms with E-state index in [0.29, 0.717) is 5.56 Å². The molecule has 158 valence electrons. The molecular weight excluding hydrogens is 387 g/mol. The van der Waals surface area contributed by atoms with Crippen LogP contribution in [0, 0.1) is 5.92 Å². The molecule has 0 amide bonds. The van der Waals surface area contributed by atoms with Crippen molar-refractivity contribution in [1.29, 1.82) is 0 Å². The van der Waals surface area contributed by atoms with Crippen LogP contribution < -0.4 is 0 Å². The van der Waals surface area contributed by atoms with Crippen LogP contribution in [0.25, 0.3) is 11.7 Å². The molecule has 0 saturated carbocycles. The first-order valence-corrected chi connectivity index (χ1v) is 9.55. The van der Waals surface area contributed by atoms with E-state index in [1.807, 2.05) is 6.92 Å². The van der Waals surface area contributed by atoms with Gasteiger partial charge in [-0.05, 0) is 30.4 Å². The standard InChI is InChI=1S/C23H25F5O/c1-3-4-16-5-9-18(10-6-16)21(24)22(25)19-11-7-17(8-12-19)15-20(13-14-29-2)23(26,27)28/h5-12,20H,3-4,13-15H2,1-2H3/b22-21-. The summed E-state index contributed by atoms with van der Waals surface area (Å²) in [6, 6.07) is 12.0. The predicted molar refractivity (Wildman–Crippen MR) is 106 cm³/mol. The second kappa shape index (κ2) is 10.5. The van der Waals surface area contributed by atoms with Gasteiger partial charge >= 0.3 is 6.18 Å². The van der Waals surface area contributed by atoms with Crippen molar-refractivity contribution in [2.45, 2.75) is 38.8 Å². The maximum Gasteiger partial charge on any atom is 0.392 e. The molecule has 0 radical (unpaired) electrons. The molecule has 0 aromatic heterocycles. The van der Waals surface area contributed by atoms with E-state index in [9.17, 15) is 22.0 Å². The number of hydrogen-bond donors (Lipinski definition) is 0. The third-order valence-electron chi connectivity index (χ3n) is 4.76. The van der Waals surface area contributed by atoms with Crippen molar-refractivity contribution in [3.8, 4) is 0 Å². The van der Waals surface area contributed by atoms with Gasteiger partial charge in [-0.15, -0.1) is 0 Å². The number of aryl methyl sites for hydroxylation is 1. The molecule has 0 heterocycles. The number of rotatable bonds is 9. The Hall–Kier alpha value is -2.21. The van der Waals surface area contributed by atoms with Crippen molar-refractivity contribution in [2.24, 2.45) is 5.92 Å². The Bertz CT molecular complexity index is 792. The van der Waals surface area contributed by atoms with Gasteiger partial charge in [0.2, 0.25) is 0 Å². The Morgan fingerprint density at radius 1 is 0.862 bits per heavy atom. The molecule has 1 atom stereocenters. The van der Waals surface area contributed by atoms with Crippen LogP contribution in [0.5, 0.6) is 0 Å². The highest BCUT2D eigenvalue weighted by Gasteiger charge is 2.38. The van der Waals surface area contributed by atoms with Crippen molar-refractivity contribution in [3.63, 3.8) is 0 Å². The number of alkyl halides is 3. The highest BCUT2D eigenvalue weighted by atomic mass is 19.4. The molecular formula is C23H25F5O. The highest BCUT2D eigenvalue weighted by Crippen LogP contribution is 2.33. The largest absolute Gasteiger partial charge is 0.392 e. The molecule has 1 nitrogen and oxygen atoms in total. The summed E-state index contributed by atoms with van der Waals surface area (Å²) in [6.45, 7) is 2.04. The molecule has 1 unspecified atom stereocenters. The van der Waals surface area contributed by atoms with E-state index in [1.54, 1.807) is 12.1 Å². The Balaban J connectivity index is 2.16. The lowest BCUT2D eigenvalue weighted by molar-refractivity contribution is -0.178. The number of methoxy groups -OCH3 is 1. The lowest BCUT2D eigenvalue weighted by Crippen LogP contribution is -2.26. The van der Waals surface area contributed by atoms with E-state index in [1.165, 1.54) is 43.5 Å². The molecule has 0 N–H and O–H groups in total. The molecule has 0 spiro atoms. The minimum atomic E-state index is -4.35. The molecule has 0 fully saturated rings. The maximum atomic E-state index is 14.5. The zero-order valence-corrected chi connectivity index (χ0v) is 16.5. The molecule has 6 heteroatoms. The molecule has 2 aromatic carbocycles. The zero-order valence-electron chi connectivity index (χ0n) is 16.5. The summed E-state index contributed by atoms with van der Waals surface area (Å²) in [4.78, 5) is 0. The second-order valence-electron chi connectivity index (χ2n) is 7.00. The van der Waals surface area contributed by atoms with Crippen LogP contribution in [0.15, 0.2) is 48.5 Å². The molecule has 0 aliphatic carbocycles. The summed E-state index contributed by atoms with van der Waals surface area (Å²) in [5.41, 5.74) is 1.57. The van der Waals surface area contributed by atoms with Crippen molar-refractivity contribution in [1.82, 2.24) is 0 Å². The Kier molecular flexibility index (Phi) is 8.38. The average molecular weight is 412 g/mol. The lowest BCUT2D eigenvalue weighted by Gasteiger charge is -2.20. The van der Waals surface area contributed by atoms with Crippen molar-refractivity contribution >= 4 is 11.7 Å². The number of halogens is 5. The van der Waals surface area contributed by atoms with Gasteiger partial charge in [-0.1, -0.05) is 61.9 Å². The lowest BCUT2D eigenvalue weighted by atomic mass is 9.95. The minimum absolute atomic E-state index is 0.00187. The quantitative estimate of drug-likeness (QED) is 0.314. The van der Waals surface area contributed by atoms with Gasteiger partial charge in [0.15, 0.2) is 11.7 Å². The summed E-state index contributed by atoms with van der Waals surface area (Å²) < 4.78 is 73.2. The van der Waals surface area contributed by atoms with Crippen molar-refractivity contribution in [2.75, 3.05) is 13.7 Å². The van der Waals surface area contributed by atoms with Gasteiger partial charge in [-0.2, -0.15) is 13.2 Å². The van der Waals surface area contributed by atoms with E-state index in [4.69, 9.17) is 4.74 Å². The van der Waals surface area contributed by atoms with Crippen LogP contribution in [0.2, 0.25) is 0 Å². The summed E-state index contributed by atoms with van der Waals surface area (Å²) in [6.07, 6.45) is -2.92. The van der Waals surface area contributed by atoms with Crippen LogP contribution in [-0.4, -0.2) is 19.9 Å². The zero-order chi connectivity index (χ0) is 21.4. The molecule has 0 bridgehead atoms. The van der Waals surface area contributed by atoms with Gasteiger partial charge in [-0.3, -0.25) is 0 Å². The molecule has 0 aliphatic rings. The number of ether oxygens (including phenoxy) is 1. The Morgan fingerprint density at radius 2 is 1.34 bits per heavy atom. The van der Waals surface area contributed by atoms with Crippen molar-refractivity contribution in [3.05, 3.63) is 70.8 Å².